The molecule has 0 fully saturated rings. The van der Waals surface area contributed by atoms with Crippen LogP contribution in [0.4, 0.5) is 0 Å². The number of hydrogen-bond acceptors (Lipinski definition) is 4. The molecule has 15 heavy (non-hydrogen) atoms. The second-order valence-corrected chi connectivity index (χ2v) is 4.70. The maximum absolute atomic E-state index is 5.57. The number of hydrogen-bond donors (Lipinski definition) is 2. The normalized spacial score (nSPS) is 17.3. The first-order chi connectivity index (χ1) is 7.35. The van der Waals surface area contributed by atoms with Crippen LogP contribution in [0.2, 0.25) is 0 Å². The summed E-state index contributed by atoms with van der Waals surface area (Å²) < 4.78 is 5.53. The van der Waals surface area contributed by atoms with Crippen molar-refractivity contribution >= 4 is 11.3 Å². The summed E-state index contributed by atoms with van der Waals surface area (Å²) in [7, 11) is 0. The van der Waals surface area contributed by atoms with Crippen LogP contribution in [0.5, 0.6) is 0 Å². The van der Waals surface area contributed by atoms with Crippen LogP contribution in [0, 0.1) is 0 Å². The third-order valence-corrected chi connectivity index (χ3v) is 3.79. The fourth-order valence-electron chi connectivity index (χ4n) is 1.68. The van der Waals surface area contributed by atoms with Gasteiger partial charge in [0.2, 0.25) is 0 Å². The molecule has 1 unspecified atom stereocenters. The van der Waals surface area contributed by atoms with Crippen molar-refractivity contribution in [3.63, 3.8) is 0 Å². The summed E-state index contributed by atoms with van der Waals surface area (Å²) in [5, 5.41) is 0. The van der Waals surface area contributed by atoms with Crippen LogP contribution in [-0.4, -0.2) is 6.61 Å². The van der Waals surface area contributed by atoms with Crippen molar-refractivity contribution in [3.05, 3.63) is 33.7 Å². The van der Waals surface area contributed by atoms with Gasteiger partial charge in [-0.3, -0.25) is 5.84 Å². The lowest BCUT2D eigenvalue weighted by Gasteiger charge is -2.15. The Hall–Kier alpha value is -0.840. The van der Waals surface area contributed by atoms with Crippen LogP contribution < -0.4 is 11.3 Å². The molecule has 2 rings (SSSR count). The van der Waals surface area contributed by atoms with E-state index in [1.165, 1.54) is 9.75 Å². The van der Waals surface area contributed by atoms with Gasteiger partial charge < -0.3 is 4.74 Å². The van der Waals surface area contributed by atoms with E-state index in [0.29, 0.717) is 0 Å². The van der Waals surface area contributed by atoms with Crippen LogP contribution in [0.25, 0.3) is 0 Å². The molecule has 0 radical (unpaired) electrons. The highest BCUT2D eigenvalue weighted by Gasteiger charge is 2.20. The van der Waals surface area contributed by atoms with E-state index >= 15 is 0 Å². The number of thiophene rings is 1. The molecule has 4 heteroatoms. The Balaban J connectivity index is 2.18. The monoisotopic (exact) mass is 224 g/mol. The fourth-order valence-corrected chi connectivity index (χ4v) is 2.70. The number of ether oxygens (including phenoxy) is 1. The summed E-state index contributed by atoms with van der Waals surface area (Å²) in [5.41, 5.74) is 2.81. The average molecular weight is 224 g/mol. The molecule has 82 valence electrons. The Morgan fingerprint density at radius 3 is 3.00 bits per heavy atom. The predicted molar refractivity (Wildman–Crippen MR) is 62.4 cm³/mol. The van der Waals surface area contributed by atoms with Gasteiger partial charge >= 0.3 is 0 Å². The minimum Gasteiger partial charge on any atom is -0.496 e. The molecule has 1 aliphatic heterocycles. The molecular weight excluding hydrogens is 208 g/mol. The van der Waals surface area contributed by atoms with Gasteiger partial charge in [0.1, 0.15) is 11.8 Å². The van der Waals surface area contributed by atoms with Gasteiger partial charge in [0.15, 0.2) is 0 Å². The summed E-state index contributed by atoms with van der Waals surface area (Å²) in [5.74, 6) is 6.53. The van der Waals surface area contributed by atoms with Gasteiger partial charge in [0.05, 0.1) is 6.61 Å². The number of nitrogens with one attached hydrogen (secondary N) is 1. The first-order valence-electron chi connectivity index (χ1n) is 5.22. The quantitative estimate of drug-likeness (QED) is 0.608. The zero-order chi connectivity index (χ0) is 10.7. The van der Waals surface area contributed by atoms with E-state index < -0.39 is 0 Å². The van der Waals surface area contributed by atoms with Crippen molar-refractivity contribution in [3.8, 4) is 0 Å². The smallest absolute Gasteiger partial charge is 0.116 e. The van der Waals surface area contributed by atoms with Gasteiger partial charge in [-0.05, 0) is 24.6 Å². The fraction of sp³-hybridized carbons (Fsp3) is 0.455. The van der Waals surface area contributed by atoms with Crippen LogP contribution in [-0.2, 0) is 11.2 Å². The summed E-state index contributed by atoms with van der Waals surface area (Å²) >= 11 is 1.79. The minimum atomic E-state index is 0.0257. The zero-order valence-corrected chi connectivity index (χ0v) is 9.64. The number of hydrazine groups is 1. The Morgan fingerprint density at radius 1 is 1.60 bits per heavy atom. The first kappa shape index (κ1) is 10.7. The maximum Gasteiger partial charge on any atom is 0.116 e. The van der Waals surface area contributed by atoms with Crippen molar-refractivity contribution in [2.24, 2.45) is 5.84 Å². The molecule has 0 aromatic carbocycles. The first-order valence-corrected chi connectivity index (χ1v) is 6.04. The molecule has 1 aliphatic rings. The van der Waals surface area contributed by atoms with Crippen molar-refractivity contribution in [1.82, 2.24) is 5.43 Å². The molecule has 2 heterocycles. The Labute approximate surface area is 93.9 Å². The van der Waals surface area contributed by atoms with Crippen molar-refractivity contribution < 1.29 is 4.74 Å². The molecule has 0 amide bonds. The van der Waals surface area contributed by atoms with E-state index in [4.69, 9.17) is 10.6 Å². The van der Waals surface area contributed by atoms with Gasteiger partial charge in [-0.15, -0.1) is 11.3 Å². The van der Waals surface area contributed by atoms with E-state index in [2.05, 4.69) is 30.6 Å². The largest absolute Gasteiger partial charge is 0.496 e. The Kier molecular flexibility index (Phi) is 3.41. The highest BCUT2D eigenvalue weighted by atomic mass is 32.1. The molecule has 0 saturated heterocycles. The number of nitrogens with two attached hydrogens (primary N) is 1. The molecule has 0 saturated carbocycles. The van der Waals surface area contributed by atoms with E-state index in [1.807, 2.05) is 0 Å². The third kappa shape index (κ3) is 2.22. The number of aryl methyl sites for hydroxylation is 1. The average Bonchev–Trinajstić information content (AvgIpc) is 2.89. The summed E-state index contributed by atoms with van der Waals surface area (Å²) in [6.45, 7) is 2.94. The second-order valence-electron chi connectivity index (χ2n) is 3.50. The van der Waals surface area contributed by atoms with Crippen LogP contribution >= 0.6 is 11.3 Å². The zero-order valence-electron chi connectivity index (χ0n) is 8.82. The second kappa shape index (κ2) is 4.79. The molecule has 0 bridgehead atoms. The topological polar surface area (TPSA) is 47.3 Å². The standard InChI is InChI=1S/C11H16N2OS/c1-2-8-5-6-10(15-8)11(13-12)9-4-3-7-14-9/h4-6,11,13H,2-3,7,12H2,1H3. The summed E-state index contributed by atoms with van der Waals surface area (Å²) in [6.07, 6.45) is 4.16. The lowest BCUT2D eigenvalue weighted by molar-refractivity contribution is 0.216. The molecule has 3 nitrogen and oxygen atoms in total. The molecule has 0 spiro atoms. The number of rotatable bonds is 4. The van der Waals surface area contributed by atoms with Crippen molar-refractivity contribution in [2.75, 3.05) is 6.61 Å². The van der Waals surface area contributed by atoms with Crippen molar-refractivity contribution in [2.45, 2.75) is 25.8 Å². The van der Waals surface area contributed by atoms with Gasteiger partial charge in [0, 0.05) is 16.2 Å². The van der Waals surface area contributed by atoms with E-state index in [-0.39, 0.29) is 6.04 Å². The SMILES string of the molecule is CCc1ccc(C(NN)C2=CCCO2)s1. The van der Waals surface area contributed by atoms with Gasteiger partial charge in [-0.2, -0.15) is 0 Å². The van der Waals surface area contributed by atoms with Crippen LogP contribution in [0.1, 0.15) is 29.1 Å². The maximum atomic E-state index is 5.57. The minimum absolute atomic E-state index is 0.0257. The molecule has 1 atom stereocenters. The highest BCUT2D eigenvalue weighted by molar-refractivity contribution is 7.12. The molecule has 1 aromatic heterocycles. The van der Waals surface area contributed by atoms with Crippen molar-refractivity contribution in [1.29, 1.82) is 0 Å². The van der Waals surface area contributed by atoms with E-state index in [9.17, 15) is 0 Å². The van der Waals surface area contributed by atoms with Gasteiger partial charge in [0.25, 0.3) is 0 Å². The van der Waals surface area contributed by atoms with E-state index in [1.54, 1.807) is 11.3 Å². The summed E-state index contributed by atoms with van der Waals surface area (Å²) in [4.78, 5) is 2.60. The predicted octanol–water partition coefficient (Wildman–Crippen LogP) is 2.12. The highest BCUT2D eigenvalue weighted by Crippen LogP contribution is 2.30. The molecule has 0 aliphatic carbocycles. The lowest BCUT2D eigenvalue weighted by atomic mass is 10.2. The Morgan fingerprint density at radius 2 is 2.47 bits per heavy atom. The molecule has 1 aromatic rings. The van der Waals surface area contributed by atoms with Gasteiger partial charge in [-0.1, -0.05) is 6.92 Å². The summed E-state index contributed by atoms with van der Waals surface area (Å²) in [6, 6.07) is 4.30. The third-order valence-electron chi connectivity index (χ3n) is 2.50. The molecular formula is C11H16N2OS. The van der Waals surface area contributed by atoms with Crippen LogP contribution in [0.15, 0.2) is 24.0 Å². The van der Waals surface area contributed by atoms with Gasteiger partial charge in [-0.25, -0.2) is 5.43 Å². The molecule has 3 N–H and O–H groups in total. The van der Waals surface area contributed by atoms with E-state index in [0.717, 1.165) is 25.2 Å². The van der Waals surface area contributed by atoms with Crippen LogP contribution in [0.3, 0.4) is 0 Å². The Bertz CT molecular complexity index is 359. The lowest BCUT2D eigenvalue weighted by Crippen LogP contribution is -2.29.